The molecule has 0 saturated heterocycles. The fourth-order valence-electron chi connectivity index (χ4n) is 4.59. The fourth-order valence-corrected chi connectivity index (χ4v) is 6.20. The molecule has 0 heterocycles. The maximum Gasteiger partial charge on any atom is 0.264 e. The number of methoxy groups -OCH3 is 2. The van der Waals surface area contributed by atoms with Crippen LogP contribution in [0.2, 0.25) is 5.02 Å². The van der Waals surface area contributed by atoms with E-state index in [1.807, 2.05) is 40.7 Å². The van der Waals surface area contributed by atoms with E-state index in [0.717, 1.165) is 15.4 Å². The minimum Gasteiger partial charge on any atom is -0.493 e. The Bertz CT molecular complexity index is 1570. The van der Waals surface area contributed by atoms with Crippen molar-refractivity contribution < 1.29 is 27.5 Å². The van der Waals surface area contributed by atoms with Gasteiger partial charge in [0, 0.05) is 23.2 Å². The van der Waals surface area contributed by atoms with Gasteiger partial charge in [0.15, 0.2) is 11.5 Å². The van der Waals surface area contributed by atoms with Crippen LogP contribution in [0, 0.1) is 13.8 Å². The number of anilines is 1. The van der Waals surface area contributed by atoms with Crippen LogP contribution in [-0.2, 0) is 26.2 Å². The van der Waals surface area contributed by atoms with Crippen molar-refractivity contribution in [2.24, 2.45) is 0 Å². The summed E-state index contributed by atoms with van der Waals surface area (Å²) in [6.45, 7) is 10.3. The fraction of sp³-hybridized carbons (Fsp3) is 0.375. The average molecular weight is 630 g/mol. The van der Waals surface area contributed by atoms with Gasteiger partial charge in [0.2, 0.25) is 11.8 Å². The molecule has 0 bridgehead atoms. The van der Waals surface area contributed by atoms with Gasteiger partial charge < -0.3 is 19.7 Å². The lowest BCUT2D eigenvalue weighted by Crippen LogP contribution is -2.54. The summed E-state index contributed by atoms with van der Waals surface area (Å²) in [5, 5.41) is 3.33. The highest BCUT2D eigenvalue weighted by molar-refractivity contribution is 7.92. The summed E-state index contributed by atoms with van der Waals surface area (Å²) < 4.78 is 40.2. The Morgan fingerprint density at radius 3 is 2.09 bits per heavy atom. The third kappa shape index (κ3) is 8.42. The second-order valence-corrected chi connectivity index (χ2v) is 13.7. The second-order valence-electron chi connectivity index (χ2n) is 11.4. The zero-order valence-electron chi connectivity index (χ0n) is 25.9. The summed E-state index contributed by atoms with van der Waals surface area (Å²) in [5.41, 5.74) is 2.02. The molecule has 11 heteroatoms. The Kier molecular flexibility index (Phi) is 10.7. The predicted molar refractivity (Wildman–Crippen MR) is 169 cm³/mol. The minimum absolute atomic E-state index is 0.00563. The molecule has 1 atom stereocenters. The van der Waals surface area contributed by atoms with Gasteiger partial charge >= 0.3 is 0 Å². The van der Waals surface area contributed by atoms with E-state index < -0.39 is 34.1 Å². The number of hydrogen-bond donors (Lipinski definition) is 1. The second kappa shape index (κ2) is 13.7. The van der Waals surface area contributed by atoms with Crippen LogP contribution in [0.5, 0.6) is 11.5 Å². The molecule has 1 unspecified atom stereocenters. The van der Waals surface area contributed by atoms with Gasteiger partial charge in [-0.25, -0.2) is 8.42 Å². The molecule has 0 fully saturated rings. The van der Waals surface area contributed by atoms with Crippen LogP contribution in [-0.4, -0.2) is 57.5 Å². The van der Waals surface area contributed by atoms with Crippen LogP contribution >= 0.6 is 11.6 Å². The Balaban J connectivity index is 2.13. The first kappa shape index (κ1) is 33.7. The van der Waals surface area contributed by atoms with Crippen molar-refractivity contribution in [3.05, 3.63) is 82.4 Å². The van der Waals surface area contributed by atoms with Crippen molar-refractivity contribution in [1.29, 1.82) is 0 Å². The van der Waals surface area contributed by atoms with Gasteiger partial charge in [0.25, 0.3) is 10.0 Å². The third-order valence-electron chi connectivity index (χ3n) is 6.68. The van der Waals surface area contributed by atoms with Crippen LogP contribution in [0.3, 0.4) is 0 Å². The van der Waals surface area contributed by atoms with Gasteiger partial charge in [-0.15, -0.1) is 0 Å². The van der Waals surface area contributed by atoms with E-state index >= 15 is 0 Å². The predicted octanol–water partition coefficient (Wildman–Crippen LogP) is 5.50. The van der Waals surface area contributed by atoms with Gasteiger partial charge in [0.1, 0.15) is 12.6 Å². The smallest absolute Gasteiger partial charge is 0.264 e. The molecule has 1 N–H and O–H groups in total. The van der Waals surface area contributed by atoms with E-state index in [2.05, 4.69) is 5.32 Å². The highest BCUT2D eigenvalue weighted by Crippen LogP contribution is 2.33. The molecular formula is C32H40ClN3O6S. The van der Waals surface area contributed by atoms with Crippen LogP contribution in [0.4, 0.5) is 5.69 Å². The van der Waals surface area contributed by atoms with Crippen molar-refractivity contribution in [2.75, 3.05) is 25.1 Å². The van der Waals surface area contributed by atoms with Gasteiger partial charge in [-0.2, -0.15) is 0 Å². The molecular weight excluding hydrogens is 590 g/mol. The highest BCUT2D eigenvalue weighted by atomic mass is 35.5. The standard InChI is InChI=1S/C32H40ClN3O6S/c1-21-15-22(2)17-25(16-21)36(43(39,40)26-13-14-28(41-7)29(18-26)42-8)20-30(37)35(19-24-11-9-10-12-27(24)33)23(3)31(38)34-32(4,5)6/h9-18,23H,19-20H2,1-8H3,(H,34,38). The van der Waals surface area contributed by atoms with Crippen molar-refractivity contribution >= 4 is 39.1 Å². The largest absolute Gasteiger partial charge is 0.493 e. The number of carbonyl (C=O) groups is 2. The number of benzene rings is 3. The van der Waals surface area contributed by atoms with Crippen LogP contribution in [0.15, 0.2) is 65.6 Å². The number of amides is 2. The first-order chi connectivity index (χ1) is 20.1. The van der Waals surface area contributed by atoms with Crippen molar-refractivity contribution in [1.82, 2.24) is 10.2 Å². The van der Waals surface area contributed by atoms with Gasteiger partial charge in [-0.1, -0.05) is 35.9 Å². The van der Waals surface area contributed by atoms with Crippen molar-refractivity contribution in [3.8, 4) is 11.5 Å². The van der Waals surface area contributed by atoms with E-state index in [1.165, 1.54) is 37.3 Å². The first-order valence-electron chi connectivity index (χ1n) is 13.8. The number of sulfonamides is 1. The summed E-state index contributed by atoms with van der Waals surface area (Å²) in [4.78, 5) is 28.7. The number of nitrogens with one attached hydrogen (secondary N) is 1. The van der Waals surface area contributed by atoms with E-state index in [4.69, 9.17) is 21.1 Å². The molecule has 232 valence electrons. The Labute approximate surface area is 259 Å². The lowest BCUT2D eigenvalue weighted by Gasteiger charge is -2.33. The Hall–Kier alpha value is -3.76. The molecule has 3 aromatic carbocycles. The molecule has 0 aromatic heterocycles. The van der Waals surface area contributed by atoms with Crippen LogP contribution in [0.1, 0.15) is 44.4 Å². The summed E-state index contributed by atoms with van der Waals surface area (Å²) in [6.07, 6.45) is 0. The maximum atomic E-state index is 14.2. The monoisotopic (exact) mass is 629 g/mol. The molecule has 0 radical (unpaired) electrons. The number of aryl methyl sites for hydroxylation is 2. The Morgan fingerprint density at radius 2 is 1.53 bits per heavy atom. The third-order valence-corrected chi connectivity index (χ3v) is 8.82. The maximum absolute atomic E-state index is 14.2. The molecule has 3 aromatic rings. The van der Waals surface area contributed by atoms with Crippen LogP contribution < -0.4 is 19.1 Å². The molecule has 9 nitrogen and oxygen atoms in total. The average Bonchev–Trinajstić information content (AvgIpc) is 2.92. The first-order valence-corrected chi connectivity index (χ1v) is 15.6. The lowest BCUT2D eigenvalue weighted by molar-refractivity contribution is -0.140. The quantitative estimate of drug-likeness (QED) is 0.300. The molecule has 43 heavy (non-hydrogen) atoms. The number of halogens is 1. The molecule has 0 aliphatic rings. The molecule has 2 amide bonds. The zero-order chi connectivity index (χ0) is 32.1. The molecule has 3 rings (SSSR count). The Morgan fingerprint density at radius 1 is 0.930 bits per heavy atom. The lowest BCUT2D eigenvalue weighted by atomic mass is 10.1. The summed E-state index contributed by atoms with van der Waals surface area (Å²) in [7, 11) is -1.44. The minimum atomic E-state index is -4.31. The van der Waals surface area contributed by atoms with Gasteiger partial charge in [-0.05, 0) is 88.6 Å². The SMILES string of the molecule is COc1ccc(S(=O)(=O)N(CC(=O)N(Cc2ccccc2Cl)C(C)C(=O)NC(C)(C)C)c2cc(C)cc(C)c2)cc1OC. The van der Waals surface area contributed by atoms with E-state index in [-0.39, 0.29) is 23.1 Å². The topological polar surface area (TPSA) is 105 Å². The summed E-state index contributed by atoms with van der Waals surface area (Å²) >= 11 is 6.44. The molecule has 0 aliphatic heterocycles. The van der Waals surface area contributed by atoms with E-state index in [1.54, 1.807) is 43.3 Å². The summed E-state index contributed by atoms with van der Waals surface area (Å²) in [6, 6.07) is 15.6. The number of nitrogens with zero attached hydrogens (tertiary/aromatic N) is 2. The number of hydrogen-bond acceptors (Lipinski definition) is 6. The molecule has 0 spiro atoms. The van der Waals surface area contributed by atoms with E-state index in [9.17, 15) is 18.0 Å². The van der Waals surface area contributed by atoms with Gasteiger partial charge in [0.05, 0.1) is 24.8 Å². The number of rotatable bonds is 11. The van der Waals surface area contributed by atoms with E-state index in [0.29, 0.717) is 22.0 Å². The molecule has 0 saturated carbocycles. The van der Waals surface area contributed by atoms with Gasteiger partial charge in [-0.3, -0.25) is 13.9 Å². The number of carbonyl (C=O) groups excluding carboxylic acids is 2. The van der Waals surface area contributed by atoms with Crippen LogP contribution in [0.25, 0.3) is 0 Å². The van der Waals surface area contributed by atoms with Crippen molar-refractivity contribution in [3.63, 3.8) is 0 Å². The van der Waals surface area contributed by atoms with Crippen molar-refractivity contribution in [2.45, 2.75) is 64.6 Å². The molecule has 0 aliphatic carbocycles. The normalized spacial score (nSPS) is 12.3. The zero-order valence-corrected chi connectivity index (χ0v) is 27.5. The highest BCUT2D eigenvalue weighted by Gasteiger charge is 2.34. The summed E-state index contributed by atoms with van der Waals surface area (Å²) in [5.74, 6) is -0.378. The number of ether oxygens (including phenoxy) is 2.